The molecule has 1 aromatic rings. The Balaban J connectivity index is 1.74. The first-order valence-electron chi connectivity index (χ1n) is 11.1. The molecule has 0 atom stereocenters. The highest BCUT2D eigenvalue weighted by atomic mass is 16.5. The zero-order chi connectivity index (χ0) is 22.2. The van der Waals surface area contributed by atoms with E-state index in [-0.39, 0.29) is 17.1 Å². The minimum absolute atomic E-state index is 0.125. The van der Waals surface area contributed by atoms with Gasteiger partial charge >= 0.3 is 5.97 Å². The number of hydrogen-bond donors (Lipinski definition) is 3. The lowest BCUT2D eigenvalue weighted by molar-refractivity contribution is -0.147. The number of carbonyl (C=O) groups is 2. The molecular weight excluding hydrogens is 384 g/mol. The molecular formula is C24H36O6. The van der Waals surface area contributed by atoms with E-state index in [1.54, 1.807) is 26.0 Å². The van der Waals surface area contributed by atoms with Crippen molar-refractivity contribution >= 4 is 12.4 Å². The average Bonchev–Trinajstić information content (AvgIpc) is 3.45. The number of benzene rings is 1. The summed E-state index contributed by atoms with van der Waals surface area (Å²) < 4.78 is 5.16. The number of carbonyl (C=O) groups excluding carboxylic acids is 1. The predicted molar refractivity (Wildman–Crippen MR) is 115 cm³/mol. The molecule has 30 heavy (non-hydrogen) atoms. The zero-order valence-electron chi connectivity index (χ0n) is 18.3. The van der Waals surface area contributed by atoms with E-state index in [9.17, 15) is 19.8 Å². The highest BCUT2D eigenvalue weighted by Crippen LogP contribution is 2.43. The van der Waals surface area contributed by atoms with Gasteiger partial charge in [-0.2, -0.15) is 0 Å². The third-order valence-electron chi connectivity index (χ3n) is 6.33. The second-order valence-electron chi connectivity index (χ2n) is 9.28. The van der Waals surface area contributed by atoms with E-state index in [1.807, 2.05) is 0 Å². The number of aliphatic carboxylic acids is 1. The van der Waals surface area contributed by atoms with Crippen molar-refractivity contribution in [1.29, 1.82) is 0 Å². The number of rotatable bonds is 15. The summed E-state index contributed by atoms with van der Waals surface area (Å²) in [6.07, 6.45) is 10.1. The fourth-order valence-corrected chi connectivity index (χ4v) is 3.88. The van der Waals surface area contributed by atoms with E-state index in [1.165, 1.54) is 0 Å². The van der Waals surface area contributed by atoms with E-state index in [0.717, 1.165) is 69.8 Å². The number of carboxylic acid groups (broad SMARTS) is 1. The summed E-state index contributed by atoms with van der Waals surface area (Å²) in [5.41, 5.74) is 0.515. The number of phenolic OH excluding ortho intramolecular Hbond substituents is 2. The van der Waals surface area contributed by atoms with Crippen molar-refractivity contribution in [3.05, 3.63) is 23.3 Å². The normalized spacial score (nSPS) is 15.0. The summed E-state index contributed by atoms with van der Waals surface area (Å²) in [6.45, 7) is 4.03. The smallest absolute Gasteiger partial charge is 0.309 e. The maximum absolute atomic E-state index is 11.1. The first-order valence-corrected chi connectivity index (χ1v) is 11.1. The van der Waals surface area contributed by atoms with Gasteiger partial charge in [-0.1, -0.05) is 25.3 Å². The molecule has 1 aliphatic carbocycles. The van der Waals surface area contributed by atoms with Gasteiger partial charge in [0.2, 0.25) is 0 Å². The van der Waals surface area contributed by atoms with Gasteiger partial charge in [0.25, 0.3) is 6.47 Å². The number of hydrogen-bond acceptors (Lipinski definition) is 5. The van der Waals surface area contributed by atoms with E-state index < -0.39 is 11.4 Å². The van der Waals surface area contributed by atoms with Gasteiger partial charge in [0.1, 0.15) is 17.1 Å². The molecule has 0 spiro atoms. The summed E-state index contributed by atoms with van der Waals surface area (Å²) >= 11 is 0. The lowest BCUT2D eigenvalue weighted by atomic mass is 9.87. The molecule has 0 radical (unpaired) electrons. The van der Waals surface area contributed by atoms with Crippen molar-refractivity contribution in [1.82, 2.24) is 0 Å². The van der Waals surface area contributed by atoms with Crippen LogP contribution in [0.4, 0.5) is 0 Å². The summed E-state index contributed by atoms with van der Waals surface area (Å²) in [7, 11) is 0. The molecule has 6 nitrogen and oxygen atoms in total. The van der Waals surface area contributed by atoms with Crippen molar-refractivity contribution < 1.29 is 29.6 Å². The van der Waals surface area contributed by atoms with Gasteiger partial charge in [-0.3, -0.25) is 9.59 Å². The lowest BCUT2D eigenvalue weighted by Gasteiger charge is -2.18. The van der Waals surface area contributed by atoms with Crippen LogP contribution in [0.25, 0.3) is 0 Å². The largest absolute Gasteiger partial charge is 0.508 e. The second kappa shape index (κ2) is 10.7. The summed E-state index contributed by atoms with van der Waals surface area (Å²) in [6, 6.07) is 3.43. The molecule has 0 aliphatic heterocycles. The van der Waals surface area contributed by atoms with Gasteiger partial charge < -0.3 is 20.1 Å². The molecule has 168 valence electrons. The van der Waals surface area contributed by atoms with Gasteiger partial charge in [-0.25, -0.2) is 0 Å². The van der Waals surface area contributed by atoms with Gasteiger partial charge in [-0.15, -0.1) is 0 Å². The highest BCUT2D eigenvalue weighted by molar-refractivity contribution is 5.73. The Morgan fingerprint density at radius 2 is 1.73 bits per heavy atom. The number of unbranched alkanes of at least 4 members (excludes halogenated alkanes) is 4. The van der Waals surface area contributed by atoms with E-state index in [2.05, 4.69) is 0 Å². The van der Waals surface area contributed by atoms with Crippen molar-refractivity contribution in [3.8, 4) is 11.5 Å². The summed E-state index contributed by atoms with van der Waals surface area (Å²) in [4.78, 5) is 21.7. The summed E-state index contributed by atoms with van der Waals surface area (Å²) in [5, 5.41) is 29.9. The van der Waals surface area contributed by atoms with Gasteiger partial charge in [0, 0.05) is 5.56 Å². The molecule has 3 N–H and O–H groups in total. The van der Waals surface area contributed by atoms with Crippen LogP contribution in [-0.4, -0.2) is 33.4 Å². The van der Waals surface area contributed by atoms with Crippen LogP contribution >= 0.6 is 0 Å². The molecule has 0 bridgehead atoms. The van der Waals surface area contributed by atoms with Crippen LogP contribution in [0, 0.1) is 5.41 Å². The molecule has 1 aliphatic rings. The molecule has 0 aromatic heterocycles. The molecule has 1 aromatic carbocycles. The summed E-state index contributed by atoms with van der Waals surface area (Å²) in [5.74, 6) is -0.454. The maximum atomic E-state index is 11.1. The molecule has 1 fully saturated rings. The fraction of sp³-hybridized carbons (Fsp3) is 0.667. The Labute approximate surface area is 179 Å². The van der Waals surface area contributed by atoms with Crippen LogP contribution < -0.4 is 0 Å². The van der Waals surface area contributed by atoms with Gasteiger partial charge in [-0.05, 0) is 83.3 Å². The van der Waals surface area contributed by atoms with Crippen LogP contribution in [0.2, 0.25) is 0 Å². The number of aryl methyl sites for hydroxylation is 1. The molecule has 0 saturated heterocycles. The number of phenols is 2. The van der Waals surface area contributed by atoms with E-state index in [0.29, 0.717) is 24.9 Å². The first kappa shape index (κ1) is 24.0. The topological polar surface area (TPSA) is 104 Å². The van der Waals surface area contributed by atoms with Crippen molar-refractivity contribution in [2.24, 2.45) is 5.41 Å². The molecule has 2 rings (SSSR count). The van der Waals surface area contributed by atoms with Crippen molar-refractivity contribution in [2.75, 3.05) is 0 Å². The third-order valence-corrected chi connectivity index (χ3v) is 6.33. The van der Waals surface area contributed by atoms with Crippen molar-refractivity contribution in [3.63, 3.8) is 0 Å². The maximum Gasteiger partial charge on any atom is 0.309 e. The van der Waals surface area contributed by atoms with Crippen LogP contribution in [0.1, 0.15) is 89.2 Å². The average molecular weight is 421 g/mol. The van der Waals surface area contributed by atoms with Crippen LogP contribution in [0.15, 0.2) is 12.1 Å². The molecule has 6 heteroatoms. The molecule has 0 heterocycles. The molecule has 0 amide bonds. The first-order chi connectivity index (χ1) is 14.2. The van der Waals surface area contributed by atoms with Crippen LogP contribution in [0.3, 0.4) is 0 Å². The van der Waals surface area contributed by atoms with Crippen LogP contribution in [-0.2, 0) is 27.2 Å². The monoisotopic (exact) mass is 420 g/mol. The highest BCUT2D eigenvalue weighted by Gasteiger charge is 2.44. The van der Waals surface area contributed by atoms with Crippen molar-refractivity contribution in [2.45, 2.75) is 96.5 Å². The molecule has 0 unspecified atom stereocenters. The Kier molecular flexibility index (Phi) is 8.56. The number of aromatic hydroxyl groups is 2. The van der Waals surface area contributed by atoms with Crippen LogP contribution in [0.5, 0.6) is 11.5 Å². The Bertz CT molecular complexity index is 721. The van der Waals surface area contributed by atoms with E-state index in [4.69, 9.17) is 9.84 Å². The fourth-order valence-electron chi connectivity index (χ4n) is 3.88. The minimum Gasteiger partial charge on any atom is -0.508 e. The quantitative estimate of drug-likeness (QED) is 0.269. The Morgan fingerprint density at radius 1 is 1.07 bits per heavy atom. The van der Waals surface area contributed by atoms with E-state index >= 15 is 0 Å². The molecule has 1 saturated carbocycles. The number of carboxylic acids is 1. The SMILES string of the molecule is CC(C)(CCCCCCc1c(O)ccc(CCCCC2(OC=O)CC2)c1O)C(=O)O. The zero-order valence-corrected chi connectivity index (χ0v) is 18.3. The van der Waals surface area contributed by atoms with Gasteiger partial charge in [0.15, 0.2) is 0 Å². The second-order valence-corrected chi connectivity index (χ2v) is 9.28. The number of ether oxygens (including phenoxy) is 1. The lowest BCUT2D eigenvalue weighted by Crippen LogP contribution is -2.23. The third kappa shape index (κ3) is 6.92. The Morgan fingerprint density at radius 3 is 2.37 bits per heavy atom. The minimum atomic E-state index is -0.766. The Hall–Kier alpha value is -2.24. The predicted octanol–water partition coefficient (Wildman–Crippen LogP) is 5.12. The standard InChI is InChI=1S/C24H36O6/c1-23(2,22(28)29)13-7-4-3-5-10-19-20(26)12-11-18(21(19)27)9-6-8-14-24(15-16-24)30-17-25/h11-12,17,26-27H,3-10,13-16H2,1-2H3,(H,28,29). The van der Waals surface area contributed by atoms with Gasteiger partial charge in [0.05, 0.1) is 5.41 Å².